The van der Waals surface area contributed by atoms with Gasteiger partial charge >= 0.3 is 0 Å². The van der Waals surface area contributed by atoms with Crippen LogP contribution >= 0.6 is 23.2 Å². The van der Waals surface area contributed by atoms with Crippen LogP contribution in [0.4, 0.5) is 0 Å². The largest absolute Gasteiger partial charge is 0.493 e. The predicted molar refractivity (Wildman–Crippen MR) is 145 cm³/mol. The van der Waals surface area contributed by atoms with Crippen LogP contribution in [0.5, 0.6) is 11.5 Å². The lowest BCUT2D eigenvalue weighted by Gasteiger charge is -2.27. The highest BCUT2D eigenvalue weighted by Gasteiger charge is 2.39. The summed E-state index contributed by atoms with van der Waals surface area (Å²) >= 11 is 12.2. The number of hydrazone groups is 1. The molecule has 4 aromatic carbocycles. The van der Waals surface area contributed by atoms with Crippen LogP contribution in [-0.4, -0.2) is 24.3 Å². The molecule has 0 aliphatic heterocycles. The molecule has 0 aliphatic carbocycles. The second-order valence-electron chi connectivity index (χ2n) is 8.08. The van der Waals surface area contributed by atoms with Gasteiger partial charge in [-0.05, 0) is 47.0 Å². The molecule has 8 heteroatoms. The third-order valence-corrected chi connectivity index (χ3v) is 6.26. The molecule has 4 aromatic rings. The monoisotopic (exact) mass is 534 g/mol. The Morgan fingerprint density at radius 1 is 0.919 bits per heavy atom. The first-order chi connectivity index (χ1) is 17.9. The van der Waals surface area contributed by atoms with E-state index in [1.807, 2.05) is 12.1 Å². The molecule has 1 amide bonds. The number of carbonyl (C=O) groups is 1. The van der Waals surface area contributed by atoms with Gasteiger partial charge in [0.15, 0.2) is 17.1 Å². The number of amides is 1. The van der Waals surface area contributed by atoms with Crippen LogP contribution in [0.25, 0.3) is 0 Å². The van der Waals surface area contributed by atoms with Crippen molar-refractivity contribution in [3.8, 4) is 11.5 Å². The number of aliphatic hydroxyl groups is 1. The van der Waals surface area contributed by atoms with Crippen molar-refractivity contribution < 1.29 is 19.4 Å². The molecule has 0 aromatic heterocycles. The van der Waals surface area contributed by atoms with Gasteiger partial charge in [0.1, 0.15) is 6.61 Å². The van der Waals surface area contributed by atoms with E-state index in [2.05, 4.69) is 10.5 Å². The maximum atomic E-state index is 13.2. The Kier molecular flexibility index (Phi) is 8.46. The molecule has 37 heavy (non-hydrogen) atoms. The van der Waals surface area contributed by atoms with Gasteiger partial charge in [0.2, 0.25) is 0 Å². The van der Waals surface area contributed by atoms with Gasteiger partial charge in [-0.25, -0.2) is 5.43 Å². The third kappa shape index (κ3) is 6.12. The molecule has 2 N–H and O–H groups in total. The number of ether oxygens (including phenoxy) is 2. The molecule has 0 unspecified atom stereocenters. The van der Waals surface area contributed by atoms with E-state index < -0.39 is 11.5 Å². The number of benzene rings is 4. The Labute approximate surface area is 225 Å². The van der Waals surface area contributed by atoms with Crippen molar-refractivity contribution in [2.75, 3.05) is 7.11 Å². The number of rotatable bonds is 9. The zero-order chi connectivity index (χ0) is 26.3. The zero-order valence-corrected chi connectivity index (χ0v) is 21.4. The Hall–Kier alpha value is -3.84. The first-order valence-corrected chi connectivity index (χ1v) is 12.1. The van der Waals surface area contributed by atoms with Crippen LogP contribution in [-0.2, 0) is 17.0 Å². The van der Waals surface area contributed by atoms with E-state index in [0.29, 0.717) is 38.2 Å². The van der Waals surface area contributed by atoms with Gasteiger partial charge in [-0.3, -0.25) is 4.79 Å². The lowest BCUT2D eigenvalue weighted by atomic mass is 9.85. The minimum atomic E-state index is -1.92. The van der Waals surface area contributed by atoms with Crippen molar-refractivity contribution in [3.05, 3.63) is 129 Å². The number of carbonyl (C=O) groups excluding carboxylic acids is 1. The standard InChI is InChI=1S/C29H24Cl2N2O4/c1-36-26-15-12-20(16-27(26)37-19-21-13-14-24(30)17-25(21)31)18-32-33-28(34)29(35,22-8-4-2-5-9-22)23-10-6-3-7-11-23/h2-18,35H,19H2,1H3,(H,33,34)/b32-18-. The van der Waals surface area contributed by atoms with E-state index in [0.717, 1.165) is 5.56 Å². The van der Waals surface area contributed by atoms with Gasteiger partial charge in [0.05, 0.1) is 13.3 Å². The van der Waals surface area contributed by atoms with E-state index >= 15 is 0 Å². The maximum absolute atomic E-state index is 13.2. The SMILES string of the molecule is COc1ccc(/C=N\NC(=O)C(O)(c2ccccc2)c2ccccc2)cc1OCc1ccc(Cl)cc1Cl. The first kappa shape index (κ1) is 26.2. The Morgan fingerprint density at radius 2 is 1.57 bits per heavy atom. The van der Waals surface area contributed by atoms with Crippen LogP contribution in [0.1, 0.15) is 22.3 Å². The molecule has 0 heterocycles. The predicted octanol–water partition coefficient (Wildman–Crippen LogP) is 5.97. The van der Waals surface area contributed by atoms with Crippen molar-refractivity contribution in [1.29, 1.82) is 0 Å². The smallest absolute Gasteiger partial charge is 0.281 e. The number of nitrogens with zero attached hydrogens (tertiary/aromatic N) is 1. The third-order valence-electron chi connectivity index (χ3n) is 5.68. The molecule has 0 saturated carbocycles. The van der Waals surface area contributed by atoms with Gasteiger partial charge in [0, 0.05) is 15.6 Å². The number of hydrogen-bond donors (Lipinski definition) is 2. The molecular weight excluding hydrogens is 511 g/mol. The van der Waals surface area contributed by atoms with E-state index in [4.69, 9.17) is 32.7 Å². The normalized spacial score (nSPS) is 11.4. The molecule has 0 bridgehead atoms. The summed E-state index contributed by atoms with van der Waals surface area (Å²) in [5.41, 5.74) is 2.80. The number of hydrogen-bond acceptors (Lipinski definition) is 5. The lowest BCUT2D eigenvalue weighted by molar-refractivity contribution is -0.136. The first-order valence-electron chi connectivity index (χ1n) is 11.3. The van der Waals surface area contributed by atoms with Gasteiger partial charge in [-0.1, -0.05) is 89.9 Å². The van der Waals surface area contributed by atoms with Crippen LogP contribution in [0.15, 0.2) is 102 Å². The second-order valence-corrected chi connectivity index (χ2v) is 8.92. The van der Waals surface area contributed by atoms with Crippen molar-refractivity contribution >= 4 is 35.3 Å². The van der Waals surface area contributed by atoms with E-state index in [1.165, 1.54) is 6.21 Å². The summed E-state index contributed by atoms with van der Waals surface area (Å²) in [7, 11) is 1.54. The van der Waals surface area contributed by atoms with Gasteiger partial charge in [0.25, 0.3) is 5.91 Å². The molecule has 0 radical (unpaired) electrons. The Bertz CT molecular complexity index is 1360. The molecule has 188 valence electrons. The topological polar surface area (TPSA) is 80.2 Å². The average Bonchev–Trinajstić information content (AvgIpc) is 2.93. The molecule has 0 fully saturated rings. The molecular formula is C29H24Cl2N2O4. The fraction of sp³-hybridized carbons (Fsp3) is 0.103. The molecule has 0 atom stereocenters. The van der Waals surface area contributed by atoms with Crippen molar-refractivity contribution in [2.45, 2.75) is 12.2 Å². The molecule has 0 aliphatic rings. The lowest BCUT2D eigenvalue weighted by Crippen LogP contribution is -2.43. The van der Waals surface area contributed by atoms with Gasteiger partial charge in [-0.15, -0.1) is 0 Å². The molecule has 6 nitrogen and oxygen atoms in total. The second kappa shape index (κ2) is 11.9. The van der Waals surface area contributed by atoms with Crippen LogP contribution in [0.2, 0.25) is 10.0 Å². The quantitative estimate of drug-likeness (QED) is 0.205. The van der Waals surface area contributed by atoms with Crippen molar-refractivity contribution in [3.63, 3.8) is 0 Å². The van der Waals surface area contributed by atoms with Crippen LogP contribution in [0.3, 0.4) is 0 Å². The van der Waals surface area contributed by atoms with Gasteiger partial charge in [-0.2, -0.15) is 5.10 Å². The fourth-order valence-corrected chi connectivity index (χ4v) is 4.18. The maximum Gasteiger partial charge on any atom is 0.281 e. The summed E-state index contributed by atoms with van der Waals surface area (Å²) < 4.78 is 11.3. The van der Waals surface area contributed by atoms with Crippen molar-refractivity contribution in [2.24, 2.45) is 5.10 Å². The van der Waals surface area contributed by atoms with E-state index in [-0.39, 0.29) is 6.61 Å². The zero-order valence-electron chi connectivity index (χ0n) is 19.9. The summed E-state index contributed by atoms with van der Waals surface area (Å²) in [5, 5.41) is 16.6. The van der Waals surface area contributed by atoms with Crippen molar-refractivity contribution in [1.82, 2.24) is 5.43 Å². The van der Waals surface area contributed by atoms with E-state index in [1.54, 1.807) is 92.0 Å². The summed E-state index contributed by atoms with van der Waals surface area (Å²) in [6.45, 7) is 0.199. The highest BCUT2D eigenvalue weighted by atomic mass is 35.5. The van der Waals surface area contributed by atoms with E-state index in [9.17, 15) is 9.90 Å². The summed E-state index contributed by atoms with van der Waals surface area (Å²) in [4.78, 5) is 13.2. The minimum Gasteiger partial charge on any atom is -0.493 e. The molecule has 0 saturated heterocycles. The highest BCUT2D eigenvalue weighted by Crippen LogP contribution is 2.31. The molecule has 4 rings (SSSR count). The fourth-order valence-electron chi connectivity index (χ4n) is 3.71. The highest BCUT2D eigenvalue weighted by molar-refractivity contribution is 6.35. The average molecular weight is 535 g/mol. The van der Waals surface area contributed by atoms with Crippen LogP contribution in [0, 0.1) is 0 Å². The Balaban J connectivity index is 1.52. The van der Waals surface area contributed by atoms with Crippen LogP contribution < -0.4 is 14.9 Å². The number of nitrogens with one attached hydrogen (secondary N) is 1. The number of methoxy groups -OCH3 is 1. The number of halogens is 2. The Morgan fingerprint density at radius 3 is 2.16 bits per heavy atom. The molecule has 0 spiro atoms. The summed E-state index contributed by atoms with van der Waals surface area (Å²) in [5.74, 6) is 0.297. The summed E-state index contributed by atoms with van der Waals surface area (Å²) in [6, 6.07) is 27.8. The summed E-state index contributed by atoms with van der Waals surface area (Å²) in [6.07, 6.45) is 1.45. The van der Waals surface area contributed by atoms with Gasteiger partial charge < -0.3 is 14.6 Å². The minimum absolute atomic E-state index is 0.199.